The lowest BCUT2D eigenvalue weighted by Crippen LogP contribution is -2.14. The van der Waals surface area contributed by atoms with Crippen LogP contribution < -0.4 is 14.8 Å². The number of rotatable bonds is 4. The number of hydrogen-bond acceptors (Lipinski definition) is 5. The minimum Gasteiger partial charge on any atom is -0.493 e. The highest BCUT2D eigenvalue weighted by atomic mass is 127. The van der Waals surface area contributed by atoms with Crippen LogP contribution in [-0.4, -0.2) is 25.1 Å². The van der Waals surface area contributed by atoms with Crippen molar-refractivity contribution in [3.8, 4) is 11.5 Å². The van der Waals surface area contributed by atoms with E-state index in [1.165, 1.54) is 4.88 Å². The smallest absolute Gasteiger partial charge is 0.258 e. The third-order valence-electron chi connectivity index (χ3n) is 4.12. The first-order valence-corrected chi connectivity index (χ1v) is 9.62. The summed E-state index contributed by atoms with van der Waals surface area (Å²) in [5.41, 5.74) is 1.69. The predicted octanol–water partition coefficient (Wildman–Crippen LogP) is 4.14. The van der Waals surface area contributed by atoms with Gasteiger partial charge in [0.25, 0.3) is 5.91 Å². The lowest BCUT2D eigenvalue weighted by atomic mass is 9.93. The SMILES string of the molecule is COc1cc(I)c(C(=O)Nc2nc3c(s2)CC(C)CC3)cc1OC. The molecular weight excluding hydrogens is 439 g/mol. The highest BCUT2D eigenvalue weighted by molar-refractivity contribution is 14.1. The lowest BCUT2D eigenvalue weighted by molar-refractivity contribution is 0.102. The van der Waals surface area contributed by atoms with Gasteiger partial charge >= 0.3 is 0 Å². The largest absolute Gasteiger partial charge is 0.493 e. The quantitative estimate of drug-likeness (QED) is 0.700. The van der Waals surface area contributed by atoms with E-state index in [2.05, 4.69) is 39.8 Å². The number of anilines is 1. The van der Waals surface area contributed by atoms with Gasteiger partial charge in [-0.15, -0.1) is 11.3 Å². The third-order valence-corrected chi connectivity index (χ3v) is 6.05. The fourth-order valence-electron chi connectivity index (χ4n) is 2.79. The van der Waals surface area contributed by atoms with Crippen molar-refractivity contribution >= 4 is 45.0 Å². The van der Waals surface area contributed by atoms with E-state index in [0.29, 0.717) is 28.1 Å². The number of aryl methyl sites for hydroxylation is 1. The Balaban J connectivity index is 1.83. The summed E-state index contributed by atoms with van der Waals surface area (Å²) in [6, 6.07) is 3.49. The highest BCUT2D eigenvalue weighted by Crippen LogP contribution is 2.34. The van der Waals surface area contributed by atoms with Crippen LogP contribution in [0.3, 0.4) is 0 Å². The van der Waals surface area contributed by atoms with Crippen LogP contribution in [0.4, 0.5) is 5.13 Å². The topological polar surface area (TPSA) is 60.5 Å². The van der Waals surface area contributed by atoms with Gasteiger partial charge < -0.3 is 9.47 Å². The van der Waals surface area contributed by atoms with Crippen LogP contribution in [0, 0.1) is 9.49 Å². The van der Waals surface area contributed by atoms with Crippen LogP contribution in [0.1, 0.15) is 34.3 Å². The number of benzene rings is 1. The van der Waals surface area contributed by atoms with Crippen molar-refractivity contribution in [2.45, 2.75) is 26.2 Å². The zero-order valence-electron chi connectivity index (χ0n) is 13.8. The average Bonchev–Trinajstić information content (AvgIpc) is 2.95. The Kier molecular flexibility index (Phi) is 5.29. The Morgan fingerprint density at radius 2 is 2.04 bits per heavy atom. The molecule has 0 aliphatic heterocycles. The molecule has 0 fully saturated rings. The van der Waals surface area contributed by atoms with Crippen LogP contribution in [-0.2, 0) is 12.8 Å². The minimum atomic E-state index is -0.181. The number of ether oxygens (including phenoxy) is 2. The van der Waals surface area contributed by atoms with Crippen molar-refractivity contribution in [2.75, 3.05) is 19.5 Å². The zero-order valence-corrected chi connectivity index (χ0v) is 16.8. The van der Waals surface area contributed by atoms with E-state index in [1.54, 1.807) is 37.7 Å². The molecule has 7 heteroatoms. The molecule has 128 valence electrons. The zero-order chi connectivity index (χ0) is 17.3. The Hall–Kier alpha value is -1.35. The van der Waals surface area contributed by atoms with Gasteiger partial charge in [-0.3, -0.25) is 10.1 Å². The molecule has 5 nitrogen and oxygen atoms in total. The second-order valence-corrected chi connectivity index (χ2v) is 8.12. The number of carbonyl (C=O) groups is 1. The molecule has 1 unspecified atom stereocenters. The van der Waals surface area contributed by atoms with E-state index in [-0.39, 0.29) is 5.91 Å². The van der Waals surface area contributed by atoms with Crippen LogP contribution in [0.15, 0.2) is 12.1 Å². The number of nitrogens with one attached hydrogen (secondary N) is 1. The molecular formula is C17H19IN2O3S. The molecule has 2 aromatic rings. The number of amides is 1. The molecule has 3 rings (SSSR count). The molecule has 0 saturated carbocycles. The van der Waals surface area contributed by atoms with Crippen LogP contribution in [0.2, 0.25) is 0 Å². The van der Waals surface area contributed by atoms with Gasteiger partial charge in [-0.05, 0) is 59.9 Å². The molecule has 24 heavy (non-hydrogen) atoms. The summed E-state index contributed by atoms with van der Waals surface area (Å²) in [6.45, 7) is 2.26. The Labute approximate surface area is 158 Å². The molecule has 1 aromatic carbocycles. The van der Waals surface area contributed by atoms with Gasteiger partial charge in [-0.2, -0.15) is 0 Å². The summed E-state index contributed by atoms with van der Waals surface area (Å²) < 4.78 is 11.4. The van der Waals surface area contributed by atoms with E-state index in [9.17, 15) is 4.79 Å². The number of fused-ring (bicyclic) bond motifs is 1. The fraction of sp³-hybridized carbons (Fsp3) is 0.412. The monoisotopic (exact) mass is 458 g/mol. The van der Waals surface area contributed by atoms with Gasteiger partial charge in [-0.1, -0.05) is 6.92 Å². The molecule has 1 aliphatic carbocycles. The van der Waals surface area contributed by atoms with Gasteiger partial charge in [-0.25, -0.2) is 4.98 Å². The average molecular weight is 458 g/mol. The summed E-state index contributed by atoms with van der Waals surface area (Å²) >= 11 is 3.71. The first-order chi connectivity index (χ1) is 11.5. The number of carbonyl (C=O) groups excluding carboxylic acids is 1. The molecule has 0 bridgehead atoms. The number of methoxy groups -OCH3 is 2. The summed E-state index contributed by atoms with van der Waals surface area (Å²) in [4.78, 5) is 18.5. The molecule has 1 atom stereocenters. The van der Waals surface area contributed by atoms with Gasteiger partial charge in [0, 0.05) is 8.45 Å². The molecule has 1 aromatic heterocycles. The molecule has 1 aliphatic rings. The summed E-state index contributed by atoms with van der Waals surface area (Å²) in [6.07, 6.45) is 3.21. The number of thiazole rings is 1. The van der Waals surface area contributed by atoms with E-state index in [4.69, 9.17) is 9.47 Å². The number of halogens is 1. The van der Waals surface area contributed by atoms with Gasteiger partial charge in [0.15, 0.2) is 16.6 Å². The van der Waals surface area contributed by atoms with Crippen molar-refractivity contribution in [2.24, 2.45) is 5.92 Å². The first kappa shape index (κ1) is 17.5. The standard InChI is InChI=1S/C17H19IN2O3S/c1-9-4-5-12-15(6-9)24-17(19-12)20-16(21)10-7-13(22-2)14(23-3)8-11(10)18/h7-9H,4-6H2,1-3H3,(H,19,20,21). The maximum absolute atomic E-state index is 12.6. The number of nitrogens with zero attached hydrogens (tertiary/aromatic N) is 1. The Morgan fingerprint density at radius 3 is 2.75 bits per heavy atom. The fourth-order valence-corrected chi connectivity index (χ4v) is 4.64. The number of hydrogen-bond donors (Lipinski definition) is 1. The van der Waals surface area contributed by atoms with Gasteiger partial charge in [0.2, 0.25) is 0 Å². The van der Waals surface area contributed by atoms with Crippen LogP contribution in [0.25, 0.3) is 0 Å². The molecule has 1 N–H and O–H groups in total. The van der Waals surface area contributed by atoms with Crippen molar-refractivity contribution in [3.63, 3.8) is 0 Å². The normalized spacial score (nSPS) is 16.4. The van der Waals surface area contributed by atoms with Crippen molar-refractivity contribution in [1.29, 1.82) is 0 Å². The van der Waals surface area contributed by atoms with E-state index < -0.39 is 0 Å². The highest BCUT2D eigenvalue weighted by Gasteiger charge is 2.22. The maximum Gasteiger partial charge on any atom is 0.258 e. The second kappa shape index (κ2) is 7.26. The number of aromatic nitrogens is 1. The molecule has 1 amide bonds. The Bertz CT molecular complexity index is 775. The van der Waals surface area contributed by atoms with Gasteiger partial charge in [0.1, 0.15) is 0 Å². The van der Waals surface area contributed by atoms with E-state index in [1.807, 2.05) is 0 Å². The molecule has 0 radical (unpaired) electrons. The van der Waals surface area contributed by atoms with Gasteiger partial charge in [0.05, 0.1) is 25.5 Å². The van der Waals surface area contributed by atoms with E-state index in [0.717, 1.165) is 28.5 Å². The predicted molar refractivity (Wildman–Crippen MR) is 104 cm³/mol. The maximum atomic E-state index is 12.6. The minimum absolute atomic E-state index is 0.181. The first-order valence-electron chi connectivity index (χ1n) is 7.73. The van der Waals surface area contributed by atoms with E-state index >= 15 is 0 Å². The van der Waals surface area contributed by atoms with Crippen molar-refractivity contribution in [3.05, 3.63) is 31.8 Å². The molecule has 1 heterocycles. The lowest BCUT2D eigenvalue weighted by Gasteiger charge is -2.15. The summed E-state index contributed by atoms with van der Waals surface area (Å²) in [5.74, 6) is 1.65. The summed E-state index contributed by atoms with van der Waals surface area (Å²) in [7, 11) is 3.14. The summed E-state index contributed by atoms with van der Waals surface area (Å²) in [5, 5.41) is 3.60. The third kappa shape index (κ3) is 3.51. The molecule has 0 spiro atoms. The van der Waals surface area contributed by atoms with Crippen molar-refractivity contribution < 1.29 is 14.3 Å². The Morgan fingerprint density at radius 1 is 1.33 bits per heavy atom. The molecule has 0 saturated heterocycles. The van der Waals surface area contributed by atoms with Crippen LogP contribution >= 0.6 is 33.9 Å². The van der Waals surface area contributed by atoms with Crippen molar-refractivity contribution in [1.82, 2.24) is 4.98 Å². The second-order valence-electron chi connectivity index (χ2n) is 5.88. The van der Waals surface area contributed by atoms with Crippen LogP contribution in [0.5, 0.6) is 11.5 Å².